The fourth-order valence-electron chi connectivity index (χ4n) is 1.61. The van der Waals surface area contributed by atoms with Gasteiger partial charge in [-0.1, -0.05) is 16.6 Å². The molecule has 0 spiro atoms. The molecule has 0 unspecified atom stereocenters. The predicted octanol–water partition coefficient (Wildman–Crippen LogP) is 1.46. The summed E-state index contributed by atoms with van der Waals surface area (Å²) in [5.41, 5.74) is 3.79. The summed E-state index contributed by atoms with van der Waals surface area (Å²) in [6.07, 6.45) is 0. The lowest BCUT2D eigenvalue weighted by molar-refractivity contribution is 0.262. The molecule has 0 aliphatic heterocycles. The van der Waals surface area contributed by atoms with E-state index in [2.05, 4.69) is 31.1 Å². The molecule has 9 heteroatoms. The molecule has 0 bridgehead atoms. The van der Waals surface area contributed by atoms with E-state index in [-0.39, 0.29) is 6.03 Å². The highest BCUT2D eigenvalue weighted by atomic mass is 32.1. The zero-order valence-electron chi connectivity index (χ0n) is 9.86. The summed E-state index contributed by atoms with van der Waals surface area (Å²) >= 11 is 1.25. The molecule has 3 rings (SSSR count). The summed E-state index contributed by atoms with van der Waals surface area (Å²) in [4.78, 5) is 11.7. The van der Waals surface area contributed by atoms with Crippen molar-refractivity contribution in [3.05, 3.63) is 23.7 Å². The van der Waals surface area contributed by atoms with Gasteiger partial charge in [-0.25, -0.2) is 9.48 Å². The maximum absolute atomic E-state index is 11.7. The standard InChI is InChI=1S/C10H9N7OS/c1-17-8-3-2-6(4-7(8)14-16-17)12-9(18)13-10-15-11-5-19-10/h2-5H,1H3,(H2,12,13,15,18). The smallest absolute Gasteiger partial charge is 0.308 e. The van der Waals surface area contributed by atoms with Crippen molar-refractivity contribution in [1.29, 1.82) is 0 Å². The largest absolute Gasteiger partial charge is 0.325 e. The van der Waals surface area contributed by atoms with Crippen LogP contribution in [0.2, 0.25) is 0 Å². The van der Waals surface area contributed by atoms with Crippen molar-refractivity contribution in [2.75, 3.05) is 10.6 Å². The number of nitrogens with one attached hydrogen (secondary N) is 2. The highest BCUT2D eigenvalue weighted by molar-refractivity contribution is 7.13. The van der Waals surface area contributed by atoms with Crippen molar-refractivity contribution >= 4 is 39.2 Å². The first-order valence-electron chi connectivity index (χ1n) is 5.36. The Labute approximate surface area is 111 Å². The molecule has 0 fully saturated rings. The summed E-state index contributed by atoms with van der Waals surface area (Å²) in [5.74, 6) is 0. The molecular formula is C10H9N7OS. The molecule has 1 aromatic carbocycles. The van der Waals surface area contributed by atoms with Crippen molar-refractivity contribution in [1.82, 2.24) is 25.2 Å². The van der Waals surface area contributed by atoms with Crippen molar-refractivity contribution in [3.63, 3.8) is 0 Å². The van der Waals surface area contributed by atoms with E-state index < -0.39 is 0 Å². The van der Waals surface area contributed by atoms with Crippen molar-refractivity contribution in [3.8, 4) is 0 Å². The Morgan fingerprint density at radius 2 is 2.21 bits per heavy atom. The van der Waals surface area contributed by atoms with Crippen LogP contribution in [0.1, 0.15) is 0 Å². The first kappa shape index (κ1) is 11.5. The maximum Gasteiger partial charge on any atom is 0.325 e. The second kappa shape index (κ2) is 4.61. The van der Waals surface area contributed by atoms with E-state index in [0.29, 0.717) is 10.8 Å². The lowest BCUT2D eigenvalue weighted by Gasteiger charge is -2.04. The molecule has 0 atom stereocenters. The summed E-state index contributed by atoms with van der Waals surface area (Å²) < 4.78 is 1.67. The minimum Gasteiger partial charge on any atom is -0.308 e. The van der Waals surface area contributed by atoms with Gasteiger partial charge in [0.1, 0.15) is 11.0 Å². The number of carbonyl (C=O) groups is 1. The number of amides is 2. The Balaban J connectivity index is 1.75. The first-order valence-corrected chi connectivity index (χ1v) is 6.24. The van der Waals surface area contributed by atoms with Crippen molar-refractivity contribution < 1.29 is 4.79 Å². The van der Waals surface area contributed by atoms with E-state index in [9.17, 15) is 4.79 Å². The highest BCUT2D eigenvalue weighted by Crippen LogP contribution is 2.16. The zero-order valence-corrected chi connectivity index (χ0v) is 10.7. The molecular weight excluding hydrogens is 266 g/mol. The molecule has 2 aromatic heterocycles. The van der Waals surface area contributed by atoms with Gasteiger partial charge < -0.3 is 5.32 Å². The Morgan fingerprint density at radius 1 is 1.32 bits per heavy atom. The van der Waals surface area contributed by atoms with Crippen LogP contribution in [-0.4, -0.2) is 31.2 Å². The summed E-state index contributed by atoms with van der Waals surface area (Å²) in [6, 6.07) is 5.00. The van der Waals surface area contributed by atoms with Gasteiger partial charge >= 0.3 is 6.03 Å². The maximum atomic E-state index is 11.7. The highest BCUT2D eigenvalue weighted by Gasteiger charge is 2.07. The third-order valence-electron chi connectivity index (χ3n) is 2.45. The SMILES string of the molecule is Cn1nnc2cc(NC(=O)Nc3nncs3)ccc21. The molecule has 3 aromatic rings. The molecule has 96 valence electrons. The van der Waals surface area contributed by atoms with Crippen LogP contribution < -0.4 is 10.6 Å². The molecule has 0 aliphatic rings. The summed E-state index contributed by atoms with van der Waals surface area (Å²) in [6.45, 7) is 0. The van der Waals surface area contributed by atoms with Gasteiger partial charge in [0.25, 0.3) is 0 Å². The summed E-state index contributed by atoms with van der Waals surface area (Å²) in [7, 11) is 1.81. The monoisotopic (exact) mass is 275 g/mol. The van der Waals surface area contributed by atoms with Crippen LogP contribution in [-0.2, 0) is 7.05 Å². The first-order chi connectivity index (χ1) is 9.22. The van der Waals surface area contributed by atoms with E-state index in [0.717, 1.165) is 11.0 Å². The number of benzene rings is 1. The van der Waals surface area contributed by atoms with Crippen LogP contribution in [0.3, 0.4) is 0 Å². The van der Waals surface area contributed by atoms with Crippen LogP contribution in [0.15, 0.2) is 23.7 Å². The van der Waals surface area contributed by atoms with Crippen molar-refractivity contribution in [2.45, 2.75) is 0 Å². The average Bonchev–Trinajstić information content (AvgIpc) is 3.00. The van der Waals surface area contributed by atoms with Crippen LogP contribution in [0.4, 0.5) is 15.6 Å². The number of rotatable bonds is 2. The molecule has 8 nitrogen and oxygen atoms in total. The van der Waals surface area contributed by atoms with Gasteiger partial charge in [0, 0.05) is 12.7 Å². The lowest BCUT2D eigenvalue weighted by atomic mass is 10.3. The number of hydrogen-bond acceptors (Lipinski definition) is 6. The van der Waals surface area contributed by atoms with Gasteiger partial charge in [-0.3, -0.25) is 5.32 Å². The summed E-state index contributed by atoms with van der Waals surface area (Å²) in [5, 5.41) is 20.9. The van der Waals surface area contributed by atoms with Crippen LogP contribution in [0.5, 0.6) is 0 Å². The normalized spacial score (nSPS) is 10.6. The van der Waals surface area contributed by atoms with Gasteiger partial charge in [-0.15, -0.1) is 15.3 Å². The lowest BCUT2D eigenvalue weighted by Crippen LogP contribution is -2.19. The number of anilines is 2. The van der Waals surface area contributed by atoms with Crippen LogP contribution in [0.25, 0.3) is 11.0 Å². The van der Waals surface area contributed by atoms with Gasteiger partial charge in [0.05, 0.1) is 5.52 Å². The topological polar surface area (TPSA) is 97.6 Å². The molecule has 0 saturated carbocycles. The van der Waals surface area contributed by atoms with Crippen LogP contribution in [0, 0.1) is 0 Å². The quantitative estimate of drug-likeness (QED) is 0.738. The molecule has 0 saturated heterocycles. The van der Waals surface area contributed by atoms with E-state index in [1.807, 2.05) is 13.1 Å². The number of aromatic nitrogens is 5. The van der Waals surface area contributed by atoms with E-state index in [1.54, 1.807) is 22.3 Å². The zero-order chi connectivity index (χ0) is 13.2. The van der Waals surface area contributed by atoms with Crippen LogP contribution >= 0.6 is 11.3 Å². The number of nitrogens with zero attached hydrogens (tertiary/aromatic N) is 5. The minimum absolute atomic E-state index is 0.375. The minimum atomic E-state index is -0.375. The molecule has 2 N–H and O–H groups in total. The molecule has 0 radical (unpaired) electrons. The molecule has 2 amide bonds. The fourth-order valence-corrected chi connectivity index (χ4v) is 2.05. The van der Waals surface area contributed by atoms with E-state index in [1.165, 1.54) is 11.3 Å². The number of hydrogen-bond donors (Lipinski definition) is 2. The van der Waals surface area contributed by atoms with E-state index in [4.69, 9.17) is 0 Å². The van der Waals surface area contributed by atoms with E-state index >= 15 is 0 Å². The Bertz CT molecular complexity index is 721. The number of fused-ring (bicyclic) bond motifs is 1. The molecule has 0 aliphatic carbocycles. The van der Waals surface area contributed by atoms with Gasteiger partial charge in [-0.2, -0.15) is 0 Å². The average molecular weight is 275 g/mol. The van der Waals surface area contributed by atoms with Gasteiger partial charge in [0.2, 0.25) is 5.13 Å². The Hall–Kier alpha value is -2.55. The van der Waals surface area contributed by atoms with Crippen molar-refractivity contribution in [2.24, 2.45) is 7.05 Å². The second-order valence-corrected chi connectivity index (χ2v) is 4.57. The predicted molar refractivity (Wildman–Crippen MR) is 71.1 cm³/mol. The fraction of sp³-hybridized carbons (Fsp3) is 0.100. The Kier molecular flexibility index (Phi) is 2.80. The van der Waals surface area contributed by atoms with Gasteiger partial charge in [0.15, 0.2) is 0 Å². The number of aryl methyl sites for hydroxylation is 1. The Morgan fingerprint density at radius 3 is 3.00 bits per heavy atom. The molecule has 19 heavy (non-hydrogen) atoms. The number of carbonyl (C=O) groups excluding carboxylic acids is 1. The third-order valence-corrected chi connectivity index (χ3v) is 3.06. The van der Waals surface area contributed by atoms with Gasteiger partial charge in [-0.05, 0) is 18.2 Å². The second-order valence-electron chi connectivity index (χ2n) is 3.74. The molecule has 2 heterocycles. The third kappa shape index (κ3) is 2.36. The number of urea groups is 1.